The van der Waals surface area contributed by atoms with Crippen LogP contribution in [-0.4, -0.2) is 7.11 Å². The Bertz CT molecular complexity index is 289. The molecule has 0 unspecified atom stereocenters. The Hall–Kier alpha value is -0.0900. The third kappa shape index (κ3) is 1.80. The Morgan fingerprint density at radius 3 is 2.67 bits per heavy atom. The van der Waals surface area contributed by atoms with Gasteiger partial charge in [-0.1, -0.05) is 22.0 Å². The van der Waals surface area contributed by atoms with Crippen LogP contribution in [-0.2, 0) is 5.33 Å². The molecule has 0 N–H and O–H groups in total. The molecule has 0 aromatic heterocycles. The molecule has 0 saturated heterocycles. The molecule has 0 spiro atoms. The fourth-order valence-electron chi connectivity index (χ4n) is 0.864. The highest BCUT2D eigenvalue weighted by molar-refractivity contribution is 9.10. The molecule has 1 aromatic rings. The van der Waals surface area contributed by atoms with E-state index in [-0.39, 0.29) is 11.6 Å². The number of hydrogen-bond acceptors (Lipinski definition) is 1. The lowest BCUT2D eigenvalue weighted by molar-refractivity contribution is 0.382. The second-order valence-corrected chi connectivity index (χ2v) is 3.60. The van der Waals surface area contributed by atoms with Gasteiger partial charge in [0.05, 0.1) is 11.6 Å². The van der Waals surface area contributed by atoms with Gasteiger partial charge in [0.1, 0.15) is 0 Å². The van der Waals surface area contributed by atoms with Crippen LogP contribution in [0.5, 0.6) is 5.75 Å². The van der Waals surface area contributed by atoms with E-state index < -0.39 is 0 Å². The summed E-state index contributed by atoms with van der Waals surface area (Å²) in [7, 11) is 1.45. The van der Waals surface area contributed by atoms with Crippen molar-refractivity contribution in [2.75, 3.05) is 7.11 Å². The van der Waals surface area contributed by atoms with E-state index in [1.54, 1.807) is 12.1 Å². The van der Waals surface area contributed by atoms with E-state index in [0.717, 1.165) is 0 Å². The van der Waals surface area contributed by atoms with Gasteiger partial charge in [-0.2, -0.15) is 0 Å². The summed E-state index contributed by atoms with van der Waals surface area (Å²) in [6, 6.07) is 3.47. The first-order valence-electron chi connectivity index (χ1n) is 3.27. The average molecular weight is 298 g/mol. The molecule has 0 aliphatic rings. The number of benzene rings is 1. The summed E-state index contributed by atoms with van der Waals surface area (Å²) >= 11 is 6.38. The quantitative estimate of drug-likeness (QED) is 0.759. The highest BCUT2D eigenvalue weighted by atomic mass is 79.9. The van der Waals surface area contributed by atoms with Crippen molar-refractivity contribution in [3.05, 3.63) is 28.0 Å². The number of hydrogen-bond donors (Lipinski definition) is 0. The smallest absolute Gasteiger partial charge is 0.170 e. The fraction of sp³-hybridized carbons (Fsp3) is 0.250. The lowest BCUT2D eigenvalue weighted by Crippen LogP contribution is -1.93. The fourth-order valence-corrected chi connectivity index (χ4v) is 1.76. The van der Waals surface area contributed by atoms with Crippen LogP contribution in [0.4, 0.5) is 4.39 Å². The number of halogens is 3. The summed E-state index contributed by atoms with van der Waals surface area (Å²) in [5, 5.41) is 0.489. The molecule has 1 aromatic carbocycles. The van der Waals surface area contributed by atoms with E-state index in [0.29, 0.717) is 15.4 Å². The molecule has 0 bridgehead atoms. The first-order valence-corrected chi connectivity index (χ1v) is 5.19. The minimum Gasteiger partial charge on any atom is -0.492 e. The molecule has 66 valence electrons. The van der Waals surface area contributed by atoms with Crippen molar-refractivity contribution in [1.29, 1.82) is 0 Å². The zero-order valence-electron chi connectivity index (χ0n) is 6.40. The highest BCUT2D eigenvalue weighted by Crippen LogP contribution is 2.30. The SMILES string of the molecule is COc1c(Br)ccc(CBr)c1F. The number of methoxy groups -OCH3 is 1. The third-order valence-electron chi connectivity index (χ3n) is 1.48. The molecule has 0 heterocycles. The Balaban J connectivity index is 3.24. The van der Waals surface area contributed by atoms with Gasteiger partial charge >= 0.3 is 0 Å². The minimum absolute atomic E-state index is 0.256. The Morgan fingerprint density at radius 2 is 2.17 bits per heavy atom. The van der Waals surface area contributed by atoms with E-state index in [1.807, 2.05) is 0 Å². The van der Waals surface area contributed by atoms with E-state index in [4.69, 9.17) is 4.74 Å². The maximum Gasteiger partial charge on any atom is 0.170 e. The Morgan fingerprint density at radius 1 is 1.50 bits per heavy atom. The summed E-state index contributed by atoms with van der Waals surface area (Å²) < 4.78 is 18.9. The monoisotopic (exact) mass is 296 g/mol. The van der Waals surface area contributed by atoms with Crippen molar-refractivity contribution in [1.82, 2.24) is 0 Å². The van der Waals surface area contributed by atoms with Crippen molar-refractivity contribution < 1.29 is 9.13 Å². The zero-order chi connectivity index (χ0) is 9.14. The molecular formula is C8H7Br2FO. The average Bonchev–Trinajstić information content (AvgIpc) is 2.06. The first kappa shape index (κ1) is 9.99. The van der Waals surface area contributed by atoms with E-state index in [9.17, 15) is 4.39 Å². The van der Waals surface area contributed by atoms with Crippen LogP contribution < -0.4 is 4.74 Å². The van der Waals surface area contributed by atoms with Crippen molar-refractivity contribution in [2.45, 2.75) is 5.33 Å². The van der Waals surface area contributed by atoms with Crippen LogP contribution in [0.25, 0.3) is 0 Å². The van der Waals surface area contributed by atoms with Crippen LogP contribution in [0.15, 0.2) is 16.6 Å². The zero-order valence-corrected chi connectivity index (χ0v) is 9.58. The van der Waals surface area contributed by atoms with Crippen molar-refractivity contribution in [3.8, 4) is 5.75 Å². The van der Waals surface area contributed by atoms with Crippen LogP contribution in [0, 0.1) is 5.82 Å². The molecule has 0 aliphatic carbocycles. The van der Waals surface area contributed by atoms with Crippen molar-refractivity contribution in [3.63, 3.8) is 0 Å². The summed E-state index contributed by atoms with van der Waals surface area (Å²) in [6.07, 6.45) is 0. The van der Waals surface area contributed by atoms with Gasteiger partial charge in [0.25, 0.3) is 0 Å². The van der Waals surface area contributed by atoms with Crippen molar-refractivity contribution >= 4 is 31.9 Å². The maximum atomic E-state index is 13.3. The molecular weight excluding hydrogens is 291 g/mol. The van der Waals surface area contributed by atoms with Gasteiger partial charge in [0.2, 0.25) is 0 Å². The predicted octanol–water partition coefficient (Wildman–Crippen LogP) is 3.49. The Labute approximate surface area is 87.2 Å². The molecule has 1 nitrogen and oxygen atoms in total. The lowest BCUT2D eigenvalue weighted by atomic mass is 10.2. The molecule has 0 saturated carbocycles. The lowest BCUT2D eigenvalue weighted by Gasteiger charge is -2.06. The van der Waals surface area contributed by atoms with Gasteiger partial charge in [-0.3, -0.25) is 0 Å². The number of rotatable bonds is 2. The van der Waals surface area contributed by atoms with Crippen LogP contribution in [0.3, 0.4) is 0 Å². The second-order valence-electron chi connectivity index (χ2n) is 2.19. The first-order chi connectivity index (χ1) is 5.70. The standard InChI is InChI=1S/C8H7Br2FO/c1-12-8-6(10)3-2-5(4-9)7(8)11/h2-3H,4H2,1H3. The van der Waals surface area contributed by atoms with E-state index in [1.165, 1.54) is 7.11 Å². The van der Waals surface area contributed by atoms with Crippen LogP contribution >= 0.6 is 31.9 Å². The normalized spacial score (nSPS) is 10.0. The van der Waals surface area contributed by atoms with Crippen LogP contribution in [0.2, 0.25) is 0 Å². The summed E-state index contributed by atoms with van der Waals surface area (Å²) in [5.41, 5.74) is 0.593. The van der Waals surface area contributed by atoms with Gasteiger partial charge in [0, 0.05) is 10.9 Å². The molecule has 0 amide bonds. The van der Waals surface area contributed by atoms with Crippen LogP contribution in [0.1, 0.15) is 5.56 Å². The van der Waals surface area contributed by atoms with E-state index >= 15 is 0 Å². The number of ether oxygens (including phenoxy) is 1. The van der Waals surface area contributed by atoms with Gasteiger partial charge in [-0.25, -0.2) is 4.39 Å². The Kier molecular flexibility index (Phi) is 3.53. The summed E-state index contributed by atoms with van der Waals surface area (Å²) in [4.78, 5) is 0. The van der Waals surface area contributed by atoms with Gasteiger partial charge in [-0.15, -0.1) is 0 Å². The largest absolute Gasteiger partial charge is 0.492 e. The second kappa shape index (κ2) is 4.23. The molecule has 0 aliphatic heterocycles. The molecule has 4 heteroatoms. The third-order valence-corrected chi connectivity index (χ3v) is 2.71. The minimum atomic E-state index is -0.316. The molecule has 0 fully saturated rings. The molecule has 0 atom stereocenters. The van der Waals surface area contributed by atoms with Crippen molar-refractivity contribution in [2.24, 2.45) is 0 Å². The molecule has 1 rings (SSSR count). The predicted molar refractivity (Wildman–Crippen MR) is 53.3 cm³/mol. The maximum absolute atomic E-state index is 13.3. The van der Waals surface area contributed by atoms with Gasteiger partial charge in [0.15, 0.2) is 11.6 Å². The number of alkyl halides is 1. The van der Waals surface area contributed by atoms with Gasteiger partial charge < -0.3 is 4.74 Å². The molecule has 12 heavy (non-hydrogen) atoms. The molecule has 0 radical (unpaired) electrons. The topological polar surface area (TPSA) is 9.23 Å². The van der Waals surface area contributed by atoms with E-state index in [2.05, 4.69) is 31.9 Å². The summed E-state index contributed by atoms with van der Waals surface area (Å²) in [6.45, 7) is 0. The highest BCUT2D eigenvalue weighted by Gasteiger charge is 2.10. The summed E-state index contributed by atoms with van der Waals surface area (Å²) in [5.74, 6) is -0.0595. The van der Waals surface area contributed by atoms with Gasteiger partial charge in [-0.05, 0) is 22.0 Å².